The van der Waals surface area contributed by atoms with Gasteiger partial charge in [0.05, 0.1) is 0 Å². The van der Waals surface area contributed by atoms with E-state index in [1.165, 1.54) is 22.2 Å². The number of rotatable bonds is 6. The van der Waals surface area contributed by atoms with Crippen molar-refractivity contribution in [3.8, 4) is 0 Å². The molecule has 7 heteroatoms. The normalized spacial score (nSPS) is 13.3. The van der Waals surface area contributed by atoms with Crippen molar-refractivity contribution in [3.05, 3.63) is 35.5 Å². The van der Waals surface area contributed by atoms with Gasteiger partial charge in [-0.25, -0.2) is 0 Å². The smallest absolute Gasteiger partial charge is 0.191 e. The van der Waals surface area contributed by atoms with Crippen LogP contribution in [-0.4, -0.2) is 45.8 Å². The number of hydrogen-bond acceptors (Lipinski definition) is 2. The number of aryl methyl sites for hydroxylation is 1. The summed E-state index contributed by atoms with van der Waals surface area (Å²) in [5.41, 5.74) is 3.74. The number of hydrogen-bond donors (Lipinski definition) is 3. The van der Waals surface area contributed by atoms with Crippen LogP contribution in [0.2, 0.25) is 0 Å². The van der Waals surface area contributed by atoms with Crippen molar-refractivity contribution >= 4 is 51.6 Å². The third kappa shape index (κ3) is 6.26. The third-order valence-electron chi connectivity index (χ3n) is 4.18. The van der Waals surface area contributed by atoms with E-state index in [0.29, 0.717) is 12.3 Å². The standard InChI is InChI=1S/C19H30N4OS.HI/c1-14-15(16-8-6-7-9-17(16)23-14)10-11-21-18(20-5)22-12-13-25(24)19(2,3)4;/h6-9,23H,10-13H2,1-5H3,(H2,20,21,22);1H. The minimum atomic E-state index is -0.854. The number of halogens is 1. The lowest BCUT2D eigenvalue weighted by Crippen LogP contribution is -2.41. The second kappa shape index (κ2) is 10.3. The van der Waals surface area contributed by atoms with Gasteiger partial charge in [-0.3, -0.25) is 9.20 Å². The molecule has 0 radical (unpaired) electrons. The number of fused-ring (bicyclic) bond motifs is 1. The molecule has 26 heavy (non-hydrogen) atoms. The number of guanidine groups is 1. The van der Waals surface area contributed by atoms with Gasteiger partial charge in [0.1, 0.15) is 0 Å². The Labute approximate surface area is 176 Å². The summed E-state index contributed by atoms with van der Waals surface area (Å²) in [5.74, 6) is 1.37. The first kappa shape index (κ1) is 23.0. The predicted molar refractivity (Wildman–Crippen MR) is 124 cm³/mol. The lowest BCUT2D eigenvalue weighted by atomic mass is 10.1. The fourth-order valence-corrected chi connectivity index (χ4v) is 3.65. The van der Waals surface area contributed by atoms with E-state index in [2.05, 4.69) is 45.7 Å². The zero-order valence-corrected chi connectivity index (χ0v) is 19.5. The Morgan fingerprint density at radius 2 is 1.85 bits per heavy atom. The van der Waals surface area contributed by atoms with Crippen molar-refractivity contribution in [2.24, 2.45) is 4.99 Å². The summed E-state index contributed by atoms with van der Waals surface area (Å²) in [5, 5.41) is 7.86. The zero-order valence-electron chi connectivity index (χ0n) is 16.3. The summed E-state index contributed by atoms with van der Waals surface area (Å²) in [6.45, 7) is 9.56. The first-order valence-electron chi connectivity index (χ1n) is 8.72. The number of nitrogens with zero attached hydrogens (tertiary/aromatic N) is 1. The van der Waals surface area contributed by atoms with Gasteiger partial charge in [0.15, 0.2) is 5.96 Å². The molecule has 146 valence electrons. The highest BCUT2D eigenvalue weighted by Crippen LogP contribution is 2.21. The number of nitrogens with one attached hydrogen (secondary N) is 3. The molecule has 1 unspecified atom stereocenters. The fourth-order valence-electron chi connectivity index (χ4n) is 2.75. The van der Waals surface area contributed by atoms with Crippen LogP contribution in [0.1, 0.15) is 32.0 Å². The van der Waals surface area contributed by atoms with Crippen LogP contribution >= 0.6 is 24.0 Å². The summed E-state index contributed by atoms with van der Waals surface area (Å²) in [4.78, 5) is 7.67. The van der Waals surface area contributed by atoms with Gasteiger partial charge in [0, 0.05) is 58.0 Å². The van der Waals surface area contributed by atoms with Crippen molar-refractivity contribution in [1.29, 1.82) is 0 Å². The maximum Gasteiger partial charge on any atom is 0.191 e. The average Bonchev–Trinajstić information content (AvgIpc) is 2.88. The topological polar surface area (TPSA) is 69.3 Å². The molecule has 1 aromatic heterocycles. The minimum absolute atomic E-state index is 0. The van der Waals surface area contributed by atoms with Gasteiger partial charge in [-0.15, -0.1) is 24.0 Å². The molecule has 0 bridgehead atoms. The predicted octanol–water partition coefficient (Wildman–Crippen LogP) is 3.35. The van der Waals surface area contributed by atoms with Crippen molar-refractivity contribution in [2.45, 2.75) is 38.9 Å². The maximum absolute atomic E-state index is 12.1. The highest BCUT2D eigenvalue weighted by atomic mass is 127. The second-order valence-corrected chi connectivity index (χ2v) is 9.44. The molecule has 2 aromatic rings. The number of H-pyrrole nitrogens is 1. The molecule has 0 spiro atoms. The third-order valence-corrected chi connectivity index (χ3v) is 6.12. The van der Waals surface area contributed by atoms with E-state index in [-0.39, 0.29) is 28.7 Å². The van der Waals surface area contributed by atoms with Crippen LogP contribution in [0.25, 0.3) is 10.9 Å². The van der Waals surface area contributed by atoms with Gasteiger partial charge in [0.25, 0.3) is 0 Å². The van der Waals surface area contributed by atoms with Crippen molar-refractivity contribution < 1.29 is 4.21 Å². The number of aromatic amines is 1. The molecule has 5 nitrogen and oxygen atoms in total. The van der Waals surface area contributed by atoms with E-state index in [0.717, 1.165) is 18.9 Å². The van der Waals surface area contributed by atoms with Crippen LogP contribution in [0.15, 0.2) is 29.3 Å². The average molecular weight is 490 g/mol. The van der Waals surface area contributed by atoms with Crippen LogP contribution in [0, 0.1) is 6.92 Å². The van der Waals surface area contributed by atoms with E-state index in [9.17, 15) is 4.21 Å². The summed E-state index contributed by atoms with van der Waals surface area (Å²) in [6.07, 6.45) is 0.921. The Kier molecular flexibility index (Phi) is 9.09. The molecule has 0 aliphatic carbocycles. The quantitative estimate of drug-likeness (QED) is 0.331. The summed E-state index contributed by atoms with van der Waals surface area (Å²) in [6, 6.07) is 8.38. The van der Waals surface area contributed by atoms with Gasteiger partial charge in [-0.05, 0) is 45.7 Å². The van der Waals surface area contributed by atoms with Crippen LogP contribution in [0.4, 0.5) is 0 Å². The SMILES string of the molecule is CN=C(NCCc1c(C)[nH]c2ccccc12)NCCS(=O)C(C)(C)C.I. The number of para-hydroxylation sites is 1. The minimum Gasteiger partial charge on any atom is -0.358 e. The van der Waals surface area contributed by atoms with E-state index in [4.69, 9.17) is 0 Å². The molecular formula is C19H31IN4OS. The second-order valence-electron chi connectivity index (χ2n) is 7.11. The molecule has 0 amide bonds. The van der Waals surface area contributed by atoms with Crippen molar-refractivity contribution in [3.63, 3.8) is 0 Å². The highest BCUT2D eigenvalue weighted by molar-refractivity contribution is 14.0. The van der Waals surface area contributed by atoms with Gasteiger partial charge in [0.2, 0.25) is 0 Å². The molecule has 0 fully saturated rings. The largest absolute Gasteiger partial charge is 0.358 e. The van der Waals surface area contributed by atoms with Gasteiger partial charge in [-0.1, -0.05) is 18.2 Å². The van der Waals surface area contributed by atoms with E-state index < -0.39 is 10.8 Å². The van der Waals surface area contributed by atoms with Crippen molar-refractivity contribution in [1.82, 2.24) is 15.6 Å². The zero-order chi connectivity index (χ0) is 18.4. The summed E-state index contributed by atoms with van der Waals surface area (Å²) in [7, 11) is 0.903. The summed E-state index contributed by atoms with van der Waals surface area (Å²) < 4.78 is 11.9. The first-order valence-corrected chi connectivity index (χ1v) is 10.0. The lowest BCUT2D eigenvalue weighted by Gasteiger charge is -2.18. The monoisotopic (exact) mass is 490 g/mol. The molecule has 1 aromatic carbocycles. The van der Waals surface area contributed by atoms with Crippen molar-refractivity contribution in [2.75, 3.05) is 25.9 Å². The Hall–Kier alpha value is -1.09. The molecule has 1 heterocycles. The first-order chi connectivity index (χ1) is 11.8. The van der Waals surface area contributed by atoms with Crippen LogP contribution in [0.3, 0.4) is 0 Å². The Bertz CT molecular complexity index is 764. The Balaban J connectivity index is 0.00000338. The highest BCUT2D eigenvalue weighted by Gasteiger charge is 2.18. The molecule has 0 aliphatic rings. The lowest BCUT2D eigenvalue weighted by molar-refractivity contribution is 0.647. The Morgan fingerprint density at radius 1 is 1.19 bits per heavy atom. The Morgan fingerprint density at radius 3 is 2.50 bits per heavy atom. The molecule has 3 N–H and O–H groups in total. The number of aliphatic imine (C=N–C) groups is 1. The molecular weight excluding hydrogens is 459 g/mol. The molecule has 0 saturated carbocycles. The molecule has 0 aliphatic heterocycles. The van der Waals surface area contributed by atoms with Crippen LogP contribution < -0.4 is 10.6 Å². The summed E-state index contributed by atoms with van der Waals surface area (Å²) >= 11 is 0. The van der Waals surface area contributed by atoms with E-state index in [1.807, 2.05) is 26.8 Å². The van der Waals surface area contributed by atoms with Crippen LogP contribution in [-0.2, 0) is 17.2 Å². The van der Waals surface area contributed by atoms with Gasteiger partial charge in [-0.2, -0.15) is 0 Å². The fraction of sp³-hybridized carbons (Fsp3) is 0.526. The van der Waals surface area contributed by atoms with Crippen LogP contribution in [0.5, 0.6) is 0 Å². The number of aromatic nitrogens is 1. The maximum atomic E-state index is 12.1. The van der Waals surface area contributed by atoms with Gasteiger partial charge >= 0.3 is 0 Å². The molecule has 0 saturated heterocycles. The molecule has 1 atom stereocenters. The van der Waals surface area contributed by atoms with E-state index >= 15 is 0 Å². The molecule has 2 rings (SSSR count). The van der Waals surface area contributed by atoms with E-state index in [1.54, 1.807) is 7.05 Å². The number of benzene rings is 1. The van der Waals surface area contributed by atoms with Gasteiger partial charge < -0.3 is 15.6 Å².